The monoisotopic (exact) mass is 453 g/mol. The molecule has 0 atom stereocenters. The van der Waals surface area contributed by atoms with E-state index in [0.717, 1.165) is 42.5 Å². The van der Waals surface area contributed by atoms with Crippen molar-refractivity contribution in [1.82, 2.24) is 24.6 Å². The number of aromatic nitrogens is 3. The number of amides is 1. The molecule has 1 saturated heterocycles. The van der Waals surface area contributed by atoms with Crippen LogP contribution in [0, 0.1) is 0 Å². The van der Waals surface area contributed by atoms with Crippen molar-refractivity contribution in [2.24, 2.45) is 0 Å². The van der Waals surface area contributed by atoms with Crippen LogP contribution in [0.2, 0.25) is 5.02 Å². The molecular weight excluding hydrogens is 426 g/mol. The number of pyridine rings is 1. The molecule has 8 heteroatoms. The van der Waals surface area contributed by atoms with E-state index in [1.807, 2.05) is 41.3 Å². The van der Waals surface area contributed by atoms with Crippen molar-refractivity contribution < 1.29 is 9.53 Å². The van der Waals surface area contributed by atoms with E-state index in [-0.39, 0.29) is 11.8 Å². The van der Waals surface area contributed by atoms with Crippen LogP contribution in [0.3, 0.4) is 0 Å². The Morgan fingerprint density at radius 3 is 2.59 bits per heavy atom. The van der Waals surface area contributed by atoms with Gasteiger partial charge in [0.05, 0.1) is 24.6 Å². The topological polar surface area (TPSA) is 63.5 Å². The zero-order chi connectivity index (χ0) is 22.7. The molecule has 1 aliphatic heterocycles. The van der Waals surface area contributed by atoms with E-state index in [1.165, 1.54) is 0 Å². The van der Waals surface area contributed by atoms with Crippen LogP contribution in [0.4, 0.5) is 0 Å². The lowest BCUT2D eigenvalue weighted by Crippen LogP contribution is -2.48. The van der Waals surface area contributed by atoms with Gasteiger partial charge in [0.15, 0.2) is 5.82 Å². The standard InChI is InChI=1S/C24H28ClN5O2/c1-17(2)23-20(15-27-30(23)22-6-4-5-9-26-22)24(31)29-12-10-28(11-13-29)16-18-14-19(25)7-8-21(18)32-3/h4-9,14-15,17H,10-13,16H2,1-3H3. The number of piperazine rings is 1. The third-order valence-electron chi connectivity index (χ3n) is 5.75. The normalized spacial score (nSPS) is 14.7. The summed E-state index contributed by atoms with van der Waals surface area (Å²) in [7, 11) is 1.67. The molecular formula is C24H28ClN5O2. The maximum atomic E-state index is 13.4. The highest BCUT2D eigenvalue weighted by molar-refractivity contribution is 6.30. The van der Waals surface area contributed by atoms with Crippen molar-refractivity contribution in [1.29, 1.82) is 0 Å². The Morgan fingerprint density at radius 2 is 1.94 bits per heavy atom. The van der Waals surface area contributed by atoms with Crippen LogP contribution in [0.15, 0.2) is 48.8 Å². The van der Waals surface area contributed by atoms with Crippen molar-refractivity contribution in [2.75, 3.05) is 33.3 Å². The van der Waals surface area contributed by atoms with E-state index in [2.05, 4.69) is 28.8 Å². The van der Waals surface area contributed by atoms with Crippen LogP contribution in [0.1, 0.15) is 41.4 Å². The molecule has 1 fully saturated rings. The van der Waals surface area contributed by atoms with Crippen LogP contribution in [-0.2, 0) is 6.54 Å². The fraction of sp³-hybridized carbons (Fsp3) is 0.375. The smallest absolute Gasteiger partial charge is 0.257 e. The summed E-state index contributed by atoms with van der Waals surface area (Å²) < 4.78 is 7.25. The summed E-state index contributed by atoms with van der Waals surface area (Å²) in [5, 5.41) is 5.19. The highest BCUT2D eigenvalue weighted by atomic mass is 35.5. The van der Waals surface area contributed by atoms with Crippen molar-refractivity contribution in [2.45, 2.75) is 26.3 Å². The van der Waals surface area contributed by atoms with E-state index in [4.69, 9.17) is 16.3 Å². The van der Waals surface area contributed by atoms with Crippen LogP contribution in [0.25, 0.3) is 5.82 Å². The Labute approximate surface area is 193 Å². The first-order valence-electron chi connectivity index (χ1n) is 10.8. The second-order valence-corrected chi connectivity index (χ2v) is 8.66. The minimum absolute atomic E-state index is 0.0240. The van der Waals surface area contributed by atoms with Crippen LogP contribution >= 0.6 is 11.6 Å². The first kappa shape index (κ1) is 22.3. The van der Waals surface area contributed by atoms with Crippen molar-refractivity contribution in [3.63, 3.8) is 0 Å². The summed E-state index contributed by atoms with van der Waals surface area (Å²) in [6.07, 6.45) is 3.41. The molecule has 0 aliphatic carbocycles. The number of hydrogen-bond acceptors (Lipinski definition) is 5. The Hall–Kier alpha value is -2.90. The lowest BCUT2D eigenvalue weighted by Gasteiger charge is -2.35. The van der Waals surface area contributed by atoms with Gasteiger partial charge in [-0.3, -0.25) is 9.69 Å². The molecule has 1 aromatic carbocycles. The van der Waals surface area contributed by atoms with Gasteiger partial charge < -0.3 is 9.64 Å². The average Bonchev–Trinajstić information content (AvgIpc) is 3.25. The summed E-state index contributed by atoms with van der Waals surface area (Å²) in [4.78, 5) is 22.0. The number of benzene rings is 1. The van der Waals surface area contributed by atoms with Gasteiger partial charge in [-0.05, 0) is 36.2 Å². The molecule has 0 radical (unpaired) electrons. The summed E-state index contributed by atoms with van der Waals surface area (Å²) >= 11 is 6.17. The van der Waals surface area contributed by atoms with Gasteiger partial charge in [-0.1, -0.05) is 31.5 Å². The largest absolute Gasteiger partial charge is 0.496 e. The lowest BCUT2D eigenvalue weighted by atomic mass is 10.0. The molecule has 0 bridgehead atoms. The average molecular weight is 454 g/mol. The molecule has 0 spiro atoms. The SMILES string of the molecule is COc1ccc(Cl)cc1CN1CCN(C(=O)c2cnn(-c3ccccn3)c2C(C)C)CC1. The molecule has 7 nitrogen and oxygen atoms in total. The van der Waals surface area contributed by atoms with E-state index < -0.39 is 0 Å². The zero-order valence-corrected chi connectivity index (χ0v) is 19.4. The minimum atomic E-state index is 0.0240. The second kappa shape index (κ2) is 9.71. The molecule has 3 aromatic rings. The second-order valence-electron chi connectivity index (χ2n) is 8.22. The fourth-order valence-electron chi connectivity index (χ4n) is 4.13. The van der Waals surface area contributed by atoms with Crippen molar-refractivity contribution in [3.8, 4) is 11.6 Å². The number of methoxy groups -OCH3 is 1. The number of ether oxygens (including phenoxy) is 1. The summed E-state index contributed by atoms with van der Waals surface area (Å²) in [6, 6.07) is 11.4. The lowest BCUT2D eigenvalue weighted by molar-refractivity contribution is 0.0626. The molecule has 4 rings (SSSR count). The fourth-order valence-corrected chi connectivity index (χ4v) is 4.33. The molecule has 168 valence electrons. The Kier molecular flexibility index (Phi) is 6.77. The first-order valence-corrected chi connectivity index (χ1v) is 11.2. The van der Waals surface area contributed by atoms with Gasteiger partial charge in [0.1, 0.15) is 5.75 Å². The predicted octanol–water partition coefficient (Wildman–Crippen LogP) is 4.01. The van der Waals surface area contributed by atoms with E-state index in [9.17, 15) is 4.79 Å². The van der Waals surface area contributed by atoms with Gasteiger partial charge in [0.25, 0.3) is 5.91 Å². The summed E-state index contributed by atoms with van der Waals surface area (Å²) in [5.74, 6) is 1.71. The molecule has 32 heavy (non-hydrogen) atoms. The maximum absolute atomic E-state index is 13.4. The Morgan fingerprint density at radius 1 is 1.16 bits per heavy atom. The van der Waals surface area contributed by atoms with Crippen molar-refractivity contribution in [3.05, 3.63) is 70.6 Å². The van der Waals surface area contributed by atoms with E-state index in [1.54, 1.807) is 24.2 Å². The first-order chi connectivity index (χ1) is 15.5. The van der Waals surface area contributed by atoms with Gasteiger partial charge in [0.2, 0.25) is 0 Å². The molecule has 0 N–H and O–H groups in total. The summed E-state index contributed by atoms with van der Waals surface area (Å²) in [6.45, 7) is 7.77. The molecule has 3 heterocycles. The van der Waals surface area contributed by atoms with Crippen LogP contribution in [-0.4, -0.2) is 63.8 Å². The quantitative estimate of drug-likeness (QED) is 0.564. The van der Waals surface area contributed by atoms with Gasteiger partial charge in [-0.2, -0.15) is 5.10 Å². The van der Waals surface area contributed by atoms with Crippen LogP contribution in [0.5, 0.6) is 5.75 Å². The maximum Gasteiger partial charge on any atom is 0.257 e. The van der Waals surface area contributed by atoms with Gasteiger partial charge in [-0.25, -0.2) is 9.67 Å². The Balaban J connectivity index is 1.46. The van der Waals surface area contributed by atoms with E-state index >= 15 is 0 Å². The number of rotatable bonds is 6. The third-order valence-corrected chi connectivity index (χ3v) is 5.98. The molecule has 0 unspecified atom stereocenters. The summed E-state index contributed by atoms with van der Waals surface area (Å²) in [5.41, 5.74) is 2.59. The highest BCUT2D eigenvalue weighted by Gasteiger charge is 2.28. The predicted molar refractivity (Wildman–Crippen MR) is 125 cm³/mol. The van der Waals surface area contributed by atoms with E-state index in [0.29, 0.717) is 23.7 Å². The number of halogens is 1. The number of nitrogens with zero attached hydrogens (tertiary/aromatic N) is 5. The number of carbonyl (C=O) groups is 1. The van der Waals surface area contributed by atoms with Gasteiger partial charge >= 0.3 is 0 Å². The number of hydrogen-bond donors (Lipinski definition) is 0. The zero-order valence-electron chi connectivity index (χ0n) is 18.7. The van der Waals surface area contributed by atoms with Gasteiger partial charge in [0, 0.05) is 49.5 Å². The molecule has 0 saturated carbocycles. The van der Waals surface area contributed by atoms with Gasteiger partial charge in [-0.15, -0.1) is 0 Å². The Bertz CT molecular complexity index is 1080. The van der Waals surface area contributed by atoms with Crippen molar-refractivity contribution >= 4 is 17.5 Å². The highest BCUT2D eigenvalue weighted by Crippen LogP contribution is 2.26. The number of carbonyl (C=O) groups excluding carboxylic acids is 1. The minimum Gasteiger partial charge on any atom is -0.496 e. The molecule has 2 aromatic heterocycles. The van der Waals surface area contributed by atoms with Crippen LogP contribution < -0.4 is 4.74 Å². The third kappa shape index (κ3) is 4.64. The molecule has 1 aliphatic rings. The molecule has 1 amide bonds.